The van der Waals surface area contributed by atoms with Gasteiger partial charge in [0.25, 0.3) is 0 Å². The molecule has 1 saturated heterocycles. The maximum absolute atomic E-state index is 10.8. The lowest BCUT2D eigenvalue weighted by molar-refractivity contribution is 0.0689. The van der Waals surface area contributed by atoms with Crippen LogP contribution in [0.1, 0.15) is 42.6 Å². The lowest BCUT2D eigenvalue weighted by Crippen LogP contribution is -2.51. The number of carboxylic acid groups (broad SMARTS) is 1. The maximum Gasteiger partial charge on any atom is 0.356 e. The van der Waals surface area contributed by atoms with Crippen molar-refractivity contribution >= 4 is 11.8 Å². The second kappa shape index (κ2) is 6.39. The number of aromatic nitrogens is 2. The largest absolute Gasteiger partial charge is 0.476 e. The van der Waals surface area contributed by atoms with Gasteiger partial charge in [0.1, 0.15) is 0 Å². The smallest absolute Gasteiger partial charge is 0.356 e. The molecule has 0 bridgehead atoms. The van der Waals surface area contributed by atoms with Gasteiger partial charge in [0.05, 0.1) is 0 Å². The van der Waals surface area contributed by atoms with E-state index in [9.17, 15) is 4.79 Å². The molecular weight excluding hydrogens is 268 g/mol. The fraction of sp³-hybridized carbons (Fsp3) is 0.667. The number of hydrogen-bond donors (Lipinski definition) is 1. The second-order valence-corrected chi connectivity index (χ2v) is 5.90. The van der Waals surface area contributed by atoms with Crippen LogP contribution in [0, 0.1) is 0 Å². The highest BCUT2D eigenvalue weighted by Gasteiger charge is 2.25. The molecule has 114 valence electrons. The lowest BCUT2D eigenvalue weighted by Gasteiger charge is -2.41. The first kappa shape index (κ1) is 14.3. The Bertz CT molecular complexity index is 477. The summed E-state index contributed by atoms with van der Waals surface area (Å²) in [5.41, 5.74) is -0.000378. The molecule has 1 aliphatic heterocycles. The number of aromatic carboxylic acids is 1. The van der Waals surface area contributed by atoms with Crippen LogP contribution >= 0.6 is 0 Å². The molecule has 2 aliphatic rings. The van der Waals surface area contributed by atoms with Gasteiger partial charge in [-0.3, -0.25) is 4.90 Å². The molecule has 3 rings (SSSR count). The molecular formula is C15H22N4O2. The first-order valence-electron chi connectivity index (χ1n) is 7.80. The number of carboxylic acids is 1. The Kier molecular flexibility index (Phi) is 4.34. The predicted octanol–water partition coefficient (Wildman–Crippen LogP) is 1.63. The molecule has 1 N–H and O–H groups in total. The molecule has 2 heterocycles. The third-order valence-electron chi connectivity index (χ3n) is 4.60. The minimum absolute atomic E-state index is 0.000378. The highest BCUT2D eigenvalue weighted by atomic mass is 16.4. The molecule has 1 saturated carbocycles. The van der Waals surface area contributed by atoms with Crippen LogP contribution in [0.4, 0.5) is 5.82 Å². The summed E-state index contributed by atoms with van der Waals surface area (Å²) in [7, 11) is 0. The number of rotatable bonds is 3. The third-order valence-corrected chi connectivity index (χ3v) is 4.60. The fourth-order valence-corrected chi connectivity index (χ4v) is 3.37. The predicted molar refractivity (Wildman–Crippen MR) is 79.7 cm³/mol. The topological polar surface area (TPSA) is 69.6 Å². The second-order valence-electron chi connectivity index (χ2n) is 5.90. The monoisotopic (exact) mass is 290 g/mol. The summed E-state index contributed by atoms with van der Waals surface area (Å²) in [6, 6.07) is 4.05. The van der Waals surface area contributed by atoms with Crippen molar-refractivity contribution < 1.29 is 9.90 Å². The number of piperazine rings is 1. The Morgan fingerprint density at radius 1 is 1.05 bits per heavy atom. The Balaban J connectivity index is 1.56. The molecule has 1 aromatic heterocycles. The van der Waals surface area contributed by atoms with Crippen molar-refractivity contribution in [2.24, 2.45) is 0 Å². The van der Waals surface area contributed by atoms with E-state index in [2.05, 4.69) is 20.0 Å². The molecule has 21 heavy (non-hydrogen) atoms. The van der Waals surface area contributed by atoms with E-state index in [-0.39, 0.29) is 5.69 Å². The van der Waals surface area contributed by atoms with Crippen molar-refractivity contribution in [2.45, 2.75) is 38.1 Å². The van der Waals surface area contributed by atoms with E-state index in [1.165, 1.54) is 38.2 Å². The van der Waals surface area contributed by atoms with Gasteiger partial charge < -0.3 is 10.0 Å². The average molecular weight is 290 g/mol. The van der Waals surface area contributed by atoms with Gasteiger partial charge in [-0.05, 0) is 25.0 Å². The summed E-state index contributed by atoms with van der Waals surface area (Å²) < 4.78 is 0. The van der Waals surface area contributed by atoms with Crippen LogP contribution in [0.3, 0.4) is 0 Å². The Hall–Kier alpha value is -1.69. The van der Waals surface area contributed by atoms with E-state index < -0.39 is 5.97 Å². The van der Waals surface area contributed by atoms with Gasteiger partial charge in [-0.25, -0.2) is 4.79 Å². The fourth-order valence-electron chi connectivity index (χ4n) is 3.37. The zero-order valence-electron chi connectivity index (χ0n) is 12.2. The van der Waals surface area contributed by atoms with E-state index in [0.717, 1.165) is 38.0 Å². The molecule has 6 nitrogen and oxygen atoms in total. The molecule has 0 amide bonds. The first-order chi connectivity index (χ1) is 10.2. The first-order valence-corrected chi connectivity index (χ1v) is 7.80. The normalized spacial score (nSPS) is 21.4. The molecule has 0 atom stereocenters. The summed E-state index contributed by atoms with van der Waals surface area (Å²) >= 11 is 0. The van der Waals surface area contributed by atoms with Gasteiger partial charge >= 0.3 is 5.97 Å². The molecule has 1 aliphatic carbocycles. The van der Waals surface area contributed by atoms with Crippen molar-refractivity contribution in [2.75, 3.05) is 31.1 Å². The molecule has 1 aromatic rings. The zero-order chi connectivity index (χ0) is 14.7. The van der Waals surface area contributed by atoms with Gasteiger partial charge in [0, 0.05) is 32.2 Å². The summed E-state index contributed by atoms with van der Waals surface area (Å²) in [6.07, 6.45) is 6.81. The number of hydrogen-bond acceptors (Lipinski definition) is 5. The van der Waals surface area contributed by atoms with E-state index in [1.54, 1.807) is 6.07 Å². The van der Waals surface area contributed by atoms with E-state index in [4.69, 9.17) is 5.11 Å². The van der Waals surface area contributed by atoms with Crippen LogP contribution in [0.5, 0.6) is 0 Å². The molecule has 0 radical (unpaired) electrons. The number of anilines is 1. The third kappa shape index (κ3) is 3.32. The van der Waals surface area contributed by atoms with Crippen LogP contribution < -0.4 is 4.90 Å². The highest BCUT2D eigenvalue weighted by molar-refractivity contribution is 5.85. The minimum Gasteiger partial charge on any atom is -0.476 e. The summed E-state index contributed by atoms with van der Waals surface area (Å²) in [5.74, 6) is -0.250. The number of nitrogens with zero attached hydrogens (tertiary/aromatic N) is 4. The molecule has 6 heteroatoms. The zero-order valence-corrected chi connectivity index (χ0v) is 12.2. The van der Waals surface area contributed by atoms with E-state index in [1.807, 2.05) is 0 Å². The Morgan fingerprint density at radius 2 is 1.76 bits per heavy atom. The van der Waals surface area contributed by atoms with Gasteiger partial charge in [0.2, 0.25) is 0 Å². The minimum atomic E-state index is -1.03. The molecule has 2 fully saturated rings. The molecule has 0 spiro atoms. The van der Waals surface area contributed by atoms with Crippen LogP contribution in [0.25, 0.3) is 0 Å². The Morgan fingerprint density at radius 3 is 2.33 bits per heavy atom. The van der Waals surface area contributed by atoms with Gasteiger partial charge in [-0.1, -0.05) is 19.3 Å². The summed E-state index contributed by atoms with van der Waals surface area (Å²) in [6.45, 7) is 4.01. The van der Waals surface area contributed by atoms with Gasteiger partial charge in [-0.2, -0.15) is 0 Å². The lowest BCUT2D eigenvalue weighted by atomic mass is 9.94. The standard InChI is InChI=1S/C15H22N4O2/c20-15(21)13-6-7-14(17-16-13)19-10-8-18(9-11-19)12-4-2-1-3-5-12/h6-7,12H,1-5,8-11H2,(H,20,21). The van der Waals surface area contributed by atoms with E-state index >= 15 is 0 Å². The van der Waals surface area contributed by atoms with Crippen LogP contribution in [-0.2, 0) is 0 Å². The highest BCUT2D eigenvalue weighted by Crippen LogP contribution is 2.24. The Labute approximate surface area is 124 Å². The van der Waals surface area contributed by atoms with Crippen molar-refractivity contribution in [1.82, 2.24) is 15.1 Å². The van der Waals surface area contributed by atoms with Gasteiger partial charge in [0.15, 0.2) is 11.5 Å². The van der Waals surface area contributed by atoms with Gasteiger partial charge in [-0.15, -0.1) is 10.2 Å². The van der Waals surface area contributed by atoms with Crippen molar-refractivity contribution in [1.29, 1.82) is 0 Å². The molecule has 0 aromatic carbocycles. The van der Waals surface area contributed by atoms with Crippen LogP contribution in [-0.4, -0.2) is 58.4 Å². The number of carbonyl (C=O) groups is 1. The van der Waals surface area contributed by atoms with E-state index in [0.29, 0.717) is 0 Å². The molecule has 0 unspecified atom stereocenters. The van der Waals surface area contributed by atoms with Crippen molar-refractivity contribution in [3.05, 3.63) is 17.8 Å². The van der Waals surface area contributed by atoms with Crippen LogP contribution in [0.2, 0.25) is 0 Å². The summed E-state index contributed by atoms with van der Waals surface area (Å²) in [4.78, 5) is 15.6. The van der Waals surface area contributed by atoms with Crippen molar-refractivity contribution in [3.8, 4) is 0 Å². The average Bonchev–Trinajstić information content (AvgIpc) is 2.56. The van der Waals surface area contributed by atoms with Crippen LogP contribution in [0.15, 0.2) is 12.1 Å². The summed E-state index contributed by atoms with van der Waals surface area (Å²) in [5, 5.41) is 16.6. The maximum atomic E-state index is 10.8. The SMILES string of the molecule is O=C(O)c1ccc(N2CCN(C3CCCCC3)CC2)nn1. The van der Waals surface area contributed by atoms with Crippen molar-refractivity contribution in [3.63, 3.8) is 0 Å². The quantitative estimate of drug-likeness (QED) is 0.912.